The molecule has 0 saturated heterocycles. The molecule has 1 N–H and O–H groups in total. The van der Waals surface area contributed by atoms with Gasteiger partial charge in [0.1, 0.15) is 6.04 Å². The maximum atomic E-state index is 12.0. The van der Waals surface area contributed by atoms with E-state index in [2.05, 4.69) is 10.4 Å². The number of amides is 1. The van der Waals surface area contributed by atoms with E-state index in [-0.39, 0.29) is 11.6 Å². The summed E-state index contributed by atoms with van der Waals surface area (Å²) < 4.78 is 1.51. The zero-order valence-corrected chi connectivity index (χ0v) is 10.2. The van der Waals surface area contributed by atoms with E-state index in [1.807, 2.05) is 0 Å². The molecule has 1 aromatic carbocycles. The van der Waals surface area contributed by atoms with Gasteiger partial charge in [-0.3, -0.25) is 19.6 Å². The number of anilines is 1. The van der Waals surface area contributed by atoms with Gasteiger partial charge in [0.05, 0.1) is 4.92 Å². The molecule has 19 heavy (non-hydrogen) atoms. The van der Waals surface area contributed by atoms with Crippen LogP contribution in [-0.2, 0) is 4.79 Å². The van der Waals surface area contributed by atoms with E-state index in [0.717, 1.165) is 0 Å². The van der Waals surface area contributed by atoms with E-state index in [4.69, 9.17) is 0 Å². The minimum absolute atomic E-state index is 0.0652. The lowest BCUT2D eigenvalue weighted by Crippen LogP contribution is -2.23. The van der Waals surface area contributed by atoms with E-state index in [1.54, 1.807) is 31.5 Å². The van der Waals surface area contributed by atoms with Crippen LogP contribution < -0.4 is 5.32 Å². The first-order chi connectivity index (χ1) is 9.08. The van der Waals surface area contributed by atoms with Crippen molar-refractivity contribution in [3.63, 3.8) is 0 Å². The van der Waals surface area contributed by atoms with Crippen LogP contribution in [0.5, 0.6) is 0 Å². The number of benzene rings is 1. The third-order valence-corrected chi connectivity index (χ3v) is 2.63. The number of non-ortho nitro benzene ring substituents is 1. The second-order valence-corrected chi connectivity index (χ2v) is 3.96. The van der Waals surface area contributed by atoms with Gasteiger partial charge in [-0.15, -0.1) is 0 Å². The molecule has 1 unspecified atom stereocenters. The average Bonchev–Trinajstić information content (AvgIpc) is 2.92. The Morgan fingerprint density at radius 3 is 2.89 bits per heavy atom. The van der Waals surface area contributed by atoms with Gasteiger partial charge in [-0.25, -0.2) is 0 Å². The second kappa shape index (κ2) is 5.30. The van der Waals surface area contributed by atoms with Crippen molar-refractivity contribution in [3.05, 3.63) is 52.8 Å². The van der Waals surface area contributed by atoms with Crippen molar-refractivity contribution in [1.29, 1.82) is 0 Å². The monoisotopic (exact) mass is 260 g/mol. The molecule has 1 heterocycles. The highest BCUT2D eigenvalue weighted by molar-refractivity contribution is 5.93. The number of hydrogen-bond donors (Lipinski definition) is 1. The van der Waals surface area contributed by atoms with Crippen LogP contribution in [0, 0.1) is 10.1 Å². The lowest BCUT2D eigenvalue weighted by atomic mass is 10.2. The van der Waals surface area contributed by atoms with E-state index in [1.165, 1.54) is 22.9 Å². The molecule has 0 aliphatic heterocycles. The Balaban J connectivity index is 2.11. The summed E-state index contributed by atoms with van der Waals surface area (Å²) in [6, 6.07) is 7.03. The van der Waals surface area contributed by atoms with E-state index >= 15 is 0 Å². The first-order valence-corrected chi connectivity index (χ1v) is 5.62. The molecule has 7 nitrogen and oxygen atoms in total. The number of hydrogen-bond acceptors (Lipinski definition) is 4. The van der Waals surface area contributed by atoms with Gasteiger partial charge in [0.25, 0.3) is 5.69 Å². The molecule has 0 aliphatic carbocycles. The van der Waals surface area contributed by atoms with Gasteiger partial charge in [0.2, 0.25) is 5.91 Å². The summed E-state index contributed by atoms with van der Waals surface area (Å²) in [5.74, 6) is -0.288. The molecule has 2 rings (SSSR count). The van der Waals surface area contributed by atoms with Gasteiger partial charge in [-0.2, -0.15) is 5.10 Å². The smallest absolute Gasteiger partial charge is 0.271 e. The number of nitrogens with zero attached hydrogens (tertiary/aromatic N) is 3. The summed E-state index contributed by atoms with van der Waals surface area (Å²) in [4.78, 5) is 22.1. The van der Waals surface area contributed by atoms with Crippen LogP contribution in [-0.4, -0.2) is 20.6 Å². The number of nitro benzene ring substituents is 1. The summed E-state index contributed by atoms with van der Waals surface area (Å²) in [6.07, 6.45) is 3.26. The molecule has 7 heteroatoms. The van der Waals surface area contributed by atoms with Crippen LogP contribution in [0.1, 0.15) is 13.0 Å². The fraction of sp³-hybridized carbons (Fsp3) is 0.167. The lowest BCUT2D eigenvalue weighted by molar-refractivity contribution is -0.384. The predicted octanol–water partition coefficient (Wildman–Crippen LogP) is 1.99. The molecule has 0 saturated carbocycles. The van der Waals surface area contributed by atoms with Gasteiger partial charge in [0.15, 0.2) is 0 Å². The number of carbonyl (C=O) groups is 1. The molecule has 1 aromatic heterocycles. The van der Waals surface area contributed by atoms with Gasteiger partial charge in [-0.1, -0.05) is 6.07 Å². The fourth-order valence-corrected chi connectivity index (χ4v) is 1.57. The minimum Gasteiger partial charge on any atom is -0.324 e. The summed E-state index contributed by atoms with van der Waals surface area (Å²) in [7, 11) is 0. The lowest BCUT2D eigenvalue weighted by Gasteiger charge is -2.12. The quantitative estimate of drug-likeness (QED) is 0.672. The summed E-state index contributed by atoms with van der Waals surface area (Å²) in [5.41, 5.74) is 0.322. The van der Waals surface area contributed by atoms with Crippen LogP contribution in [0.2, 0.25) is 0 Å². The molecule has 0 spiro atoms. The van der Waals surface area contributed by atoms with Crippen LogP contribution in [0.15, 0.2) is 42.7 Å². The molecule has 0 fully saturated rings. The maximum Gasteiger partial charge on any atom is 0.271 e. The van der Waals surface area contributed by atoms with Crippen molar-refractivity contribution in [1.82, 2.24) is 9.78 Å². The van der Waals surface area contributed by atoms with Crippen LogP contribution >= 0.6 is 0 Å². The van der Waals surface area contributed by atoms with Crippen LogP contribution in [0.3, 0.4) is 0 Å². The molecule has 1 atom stereocenters. The number of carbonyl (C=O) groups excluding carboxylic acids is 1. The first-order valence-electron chi connectivity index (χ1n) is 5.62. The zero-order valence-electron chi connectivity index (χ0n) is 10.2. The Morgan fingerprint density at radius 2 is 2.26 bits per heavy atom. The topological polar surface area (TPSA) is 90.1 Å². The Morgan fingerprint density at radius 1 is 1.47 bits per heavy atom. The molecular formula is C12H12N4O3. The van der Waals surface area contributed by atoms with Crippen molar-refractivity contribution in [2.45, 2.75) is 13.0 Å². The Bertz CT molecular complexity index is 595. The third kappa shape index (κ3) is 2.95. The molecule has 98 valence electrons. The molecule has 0 bridgehead atoms. The second-order valence-electron chi connectivity index (χ2n) is 3.96. The number of aromatic nitrogens is 2. The standard InChI is InChI=1S/C12H12N4O3/c1-9(15-7-3-6-13-15)12(17)14-10-4-2-5-11(8-10)16(18)19/h2-9H,1H3,(H,14,17). The normalized spacial score (nSPS) is 11.8. The minimum atomic E-state index is -0.507. The highest BCUT2D eigenvalue weighted by Crippen LogP contribution is 2.18. The summed E-state index contributed by atoms with van der Waals surface area (Å²) >= 11 is 0. The van der Waals surface area contributed by atoms with Gasteiger partial charge in [-0.05, 0) is 19.1 Å². The number of nitrogens with one attached hydrogen (secondary N) is 1. The van der Waals surface area contributed by atoms with Crippen LogP contribution in [0.4, 0.5) is 11.4 Å². The molecule has 0 aliphatic rings. The van der Waals surface area contributed by atoms with Gasteiger partial charge >= 0.3 is 0 Å². The number of nitro groups is 1. The molecule has 0 radical (unpaired) electrons. The molecular weight excluding hydrogens is 248 g/mol. The van der Waals surface area contributed by atoms with E-state index < -0.39 is 11.0 Å². The highest BCUT2D eigenvalue weighted by Gasteiger charge is 2.16. The van der Waals surface area contributed by atoms with Crippen molar-refractivity contribution < 1.29 is 9.72 Å². The van der Waals surface area contributed by atoms with Crippen LogP contribution in [0.25, 0.3) is 0 Å². The van der Waals surface area contributed by atoms with Crippen molar-refractivity contribution in [2.24, 2.45) is 0 Å². The molecule has 2 aromatic rings. The zero-order chi connectivity index (χ0) is 13.8. The Hall–Kier alpha value is -2.70. The highest BCUT2D eigenvalue weighted by atomic mass is 16.6. The van der Waals surface area contributed by atoms with E-state index in [0.29, 0.717) is 5.69 Å². The Kier molecular flexibility index (Phi) is 3.56. The predicted molar refractivity (Wildman–Crippen MR) is 68.7 cm³/mol. The van der Waals surface area contributed by atoms with Crippen molar-refractivity contribution in [2.75, 3.05) is 5.32 Å². The van der Waals surface area contributed by atoms with Crippen molar-refractivity contribution >= 4 is 17.3 Å². The average molecular weight is 260 g/mol. The van der Waals surface area contributed by atoms with Gasteiger partial charge in [0, 0.05) is 30.2 Å². The first kappa shape index (κ1) is 12.7. The maximum absolute atomic E-state index is 12.0. The molecule has 1 amide bonds. The Labute approximate surface area is 109 Å². The number of rotatable bonds is 4. The third-order valence-electron chi connectivity index (χ3n) is 2.63. The fourth-order valence-electron chi connectivity index (χ4n) is 1.57. The summed E-state index contributed by atoms with van der Waals surface area (Å²) in [6.45, 7) is 1.69. The SMILES string of the molecule is CC(C(=O)Nc1cccc([N+](=O)[O-])c1)n1cccn1. The van der Waals surface area contributed by atoms with Crippen molar-refractivity contribution in [3.8, 4) is 0 Å². The van der Waals surface area contributed by atoms with E-state index in [9.17, 15) is 14.9 Å². The summed E-state index contributed by atoms with van der Waals surface area (Å²) in [5, 5.41) is 17.2. The van der Waals surface area contributed by atoms with Gasteiger partial charge < -0.3 is 5.32 Å². The largest absolute Gasteiger partial charge is 0.324 e.